The van der Waals surface area contributed by atoms with Gasteiger partial charge in [-0.05, 0) is 20.3 Å². The van der Waals surface area contributed by atoms with E-state index in [2.05, 4.69) is 27.5 Å². The number of anilines is 2. The van der Waals surface area contributed by atoms with Crippen molar-refractivity contribution >= 4 is 22.4 Å². The summed E-state index contributed by atoms with van der Waals surface area (Å²) in [6, 6.07) is 0. The highest BCUT2D eigenvalue weighted by Gasteiger charge is 2.09. The molecule has 19 heavy (non-hydrogen) atoms. The summed E-state index contributed by atoms with van der Waals surface area (Å²) in [4.78, 5) is 9.00. The molecular formula is C13H24N4OS. The molecule has 0 aliphatic carbocycles. The highest BCUT2D eigenvalue weighted by Crippen LogP contribution is 2.20. The first-order valence-electron chi connectivity index (χ1n) is 6.73. The Morgan fingerprint density at radius 2 is 1.79 bits per heavy atom. The molecule has 1 aromatic heterocycles. The molecule has 1 aromatic rings. The number of rotatable bonds is 8. The summed E-state index contributed by atoms with van der Waals surface area (Å²) >= 11 is 0. The molecule has 1 rings (SSSR count). The summed E-state index contributed by atoms with van der Waals surface area (Å²) in [5.41, 5.74) is 1.04. The summed E-state index contributed by atoms with van der Waals surface area (Å²) in [5.74, 6) is 3.33. The van der Waals surface area contributed by atoms with Crippen molar-refractivity contribution in [1.82, 2.24) is 9.97 Å². The van der Waals surface area contributed by atoms with E-state index in [0.717, 1.165) is 54.7 Å². The van der Waals surface area contributed by atoms with Gasteiger partial charge >= 0.3 is 0 Å². The van der Waals surface area contributed by atoms with E-state index in [-0.39, 0.29) is 0 Å². The predicted molar refractivity (Wildman–Crippen MR) is 82.4 cm³/mol. The fourth-order valence-corrected chi connectivity index (χ4v) is 2.27. The molecule has 0 radical (unpaired) electrons. The normalized spacial score (nSPS) is 12.2. The van der Waals surface area contributed by atoms with Crippen LogP contribution in [0, 0.1) is 6.92 Å². The SMILES string of the molecule is CCNc1nc(CC)nc(NCCCS(C)=O)c1C. The predicted octanol–water partition coefficient (Wildman–Crippen LogP) is 1.96. The van der Waals surface area contributed by atoms with Gasteiger partial charge in [0.05, 0.1) is 0 Å². The van der Waals surface area contributed by atoms with E-state index in [0.29, 0.717) is 0 Å². The Bertz CT molecular complexity index is 437. The number of aryl methyl sites for hydroxylation is 1. The van der Waals surface area contributed by atoms with Crippen LogP contribution in [0.1, 0.15) is 31.7 Å². The summed E-state index contributed by atoms with van der Waals surface area (Å²) in [6.07, 6.45) is 3.42. The largest absolute Gasteiger partial charge is 0.370 e. The van der Waals surface area contributed by atoms with Crippen molar-refractivity contribution in [2.75, 3.05) is 35.7 Å². The second-order valence-corrected chi connectivity index (χ2v) is 5.96. The molecule has 108 valence electrons. The molecule has 0 aliphatic heterocycles. The molecule has 0 bridgehead atoms. The molecule has 0 spiro atoms. The number of nitrogens with one attached hydrogen (secondary N) is 2. The van der Waals surface area contributed by atoms with Gasteiger partial charge in [0.25, 0.3) is 0 Å². The first kappa shape index (κ1) is 15.9. The lowest BCUT2D eigenvalue weighted by atomic mass is 10.2. The van der Waals surface area contributed by atoms with Gasteiger partial charge in [-0.3, -0.25) is 4.21 Å². The number of hydrogen-bond donors (Lipinski definition) is 2. The molecule has 0 aliphatic rings. The van der Waals surface area contributed by atoms with E-state index in [1.165, 1.54) is 0 Å². The minimum absolute atomic E-state index is 0.720. The van der Waals surface area contributed by atoms with Gasteiger partial charge in [0.2, 0.25) is 0 Å². The molecule has 6 heteroatoms. The second-order valence-electron chi connectivity index (χ2n) is 4.40. The Hall–Kier alpha value is -1.17. The maximum Gasteiger partial charge on any atom is 0.134 e. The summed E-state index contributed by atoms with van der Waals surface area (Å²) in [7, 11) is -0.727. The Labute approximate surface area is 118 Å². The molecule has 0 saturated carbocycles. The molecule has 2 N–H and O–H groups in total. The van der Waals surface area contributed by atoms with Crippen molar-refractivity contribution in [2.45, 2.75) is 33.6 Å². The van der Waals surface area contributed by atoms with Crippen molar-refractivity contribution in [3.05, 3.63) is 11.4 Å². The minimum Gasteiger partial charge on any atom is -0.370 e. The van der Waals surface area contributed by atoms with Crippen LogP contribution in [0.5, 0.6) is 0 Å². The van der Waals surface area contributed by atoms with E-state index in [9.17, 15) is 4.21 Å². The average molecular weight is 284 g/mol. The Balaban J connectivity index is 2.74. The second kappa shape index (κ2) is 8.09. The third-order valence-electron chi connectivity index (χ3n) is 2.75. The quantitative estimate of drug-likeness (QED) is 0.714. The monoisotopic (exact) mass is 284 g/mol. The molecule has 1 atom stereocenters. The van der Waals surface area contributed by atoms with E-state index < -0.39 is 10.8 Å². The molecule has 1 heterocycles. The molecule has 0 saturated heterocycles. The van der Waals surface area contributed by atoms with Crippen LogP contribution in [0.2, 0.25) is 0 Å². The van der Waals surface area contributed by atoms with Crippen molar-refractivity contribution in [2.24, 2.45) is 0 Å². The van der Waals surface area contributed by atoms with Gasteiger partial charge < -0.3 is 10.6 Å². The topological polar surface area (TPSA) is 66.9 Å². The molecule has 0 aromatic carbocycles. The zero-order valence-electron chi connectivity index (χ0n) is 12.2. The zero-order chi connectivity index (χ0) is 14.3. The summed E-state index contributed by atoms with van der Waals surface area (Å²) in [6.45, 7) is 7.74. The van der Waals surface area contributed by atoms with Crippen LogP contribution in [0.15, 0.2) is 0 Å². The Morgan fingerprint density at radius 1 is 1.16 bits per heavy atom. The van der Waals surface area contributed by atoms with Crippen LogP contribution in [-0.4, -0.2) is 39.3 Å². The van der Waals surface area contributed by atoms with Crippen LogP contribution in [0.4, 0.5) is 11.6 Å². The maximum atomic E-state index is 11.0. The fourth-order valence-electron chi connectivity index (χ4n) is 1.71. The standard InChI is InChI=1S/C13H24N4OS/c1-5-11-16-12(14-6-2)10(3)13(17-11)15-8-7-9-19(4)18/h5-9H2,1-4H3,(H2,14,15,16,17). The minimum atomic E-state index is -0.727. The Kier molecular flexibility index (Phi) is 6.77. The van der Waals surface area contributed by atoms with E-state index in [4.69, 9.17) is 0 Å². The van der Waals surface area contributed by atoms with Crippen molar-refractivity contribution in [3.8, 4) is 0 Å². The average Bonchev–Trinajstić information content (AvgIpc) is 2.38. The number of aromatic nitrogens is 2. The molecule has 0 fully saturated rings. The van der Waals surface area contributed by atoms with Gasteiger partial charge in [-0.1, -0.05) is 6.92 Å². The zero-order valence-corrected chi connectivity index (χ0v) is 13.1. The third-order valence-corrected chi connectivity index (χ3v) is 3.62. The van der Waals surface area contributed by atoms with Crippen molar-refractivity contribution in [1.29, 1.82) is 0 Å². The molecule has 1 unspecified atom stereocenters. The lowest BCUT2D eigenvalue weighted by Crippen LogP contribution is -2.13. The summed E-state index contributed by atoms with van der Waals surface area (Å²) in [5, 5.41) is 6.58. The van der Waals surface area contributed by atoms with Crippen LogP contribution >= 0.6 is 0 Å². The third kappa shape index (κ3) is 5.14. The lowest BCUT2D eigenvalue weighted by molar-refractivity contribution is 0.685. The van der Waals surface area contributed by atoms with Gasteiger partial charge in [-0.15, -0.1) is 0 Å². The molecular weight excluding hydrogens is 260 g/mol. The lowest BCUT2D eigenvalue weighted by Gasteiger charge is -2.14. The van der Waals surface area contributed by atoms with Crippen molar-refractivity contribution in [3.63, 3.8) is 0 Å². The van der Waals surface area contributed by atoms with Gasteiger partial charge in [0.15, 0.2) is 0 Å². The van der Waals surface area contributed by atoms with Crippen LogP contribution in [-0.2, 0) is 17.2 Å². The fraction of sp³-hybridized carbons (Fsp3) is 0.692. The Morgan fingerprint density at radius 3 is 2.32 bits per heavy atom. The summed E-state index contributed by atoms with van der Waals surface area (Å²) < 4.78 is 11.0. The first-order valence-corrected chi connectivity index (χ1v) is 8.46. The molecule has 0 amide bonds. The van der Waals surface area contributed by atoms with Crippen LogP contribution in [0.3, 0.4) is 0 Å². The van der Waals surface area contributed by atoms with Gasteiger partial charge in [0.1, 0.15) is 17.5 Å². The maximum absolute atomic E-state index is 11.0. The van der Waals surface area contributed by atoms with E-state index in [1.54, 1.807) is 6.26 Å². The van der Waals surface area contributed by atoms with Gasteiger partial charge in [0, 0.05) is 47.9 Å². The highest BCUT2D eigenvalue weighted by atomic mass is 32.2. The highest BCUT2D eigenvalue weighted by molar-refractivity contribution is 7.84. The number of hydrogen-bond acceptors (Lipinski definition) is 5. The molecule has 5 nitrogen and oxygen atoms in total. The van der Waals surface area contributed by atoms with E-state index in [1.807, 2.05) is 13.8 Å². The first-order chi connectivity index (χ1) is 9.08. The number of nitrogens with zero attached hydrogens (tertiary/aromatic N) is 2. The van der Waals surface area contributed by atoms with E-state index >= 15 is 0 Å². The van der Waals surface area contributed by atoms with Gasteiger partial charge in [-0.2, -0.15) is 0 Å². The van der Waals surface area contributed by atoms with Gasteiger partial charge in [-0.25, -0.2) is 9.97 Å². The van der Waals surface area contributed by atoms with Crippen LogP contribution < -0.4 is 10.6 Å². The smallest absolute Gasteiger partial charge is 0.134 e. The van der Waals surface area contributed by atoms with Crippen molar-refractivity contribution < 1.29 is 4.21 Å². The van der Waals surface area contributed by atoms with Crippen LogP contribution in [0.25, 0.3) is 0 Å².